The molecule has 31 heavy (non-hydrogen) atoms. The molecule has 0 saturated carbocycles. The van der Waals surface area contributed by atoms with E-state index in [1.807, 2.05) is 39.8 Å². The molecule has 0 spiro atoms. The van der Waals surface area contributed by atoms with E-state index in [4.69, 9.17) is 27.9 Å². The maximum absolute atomic E-state index is 13.2. The van der Waals surface area contributed by atoms with Crippen LogP contribution < -0.4 is 10.1 Å². The number of rotatable bonds is 10. The van der Waals surface area contributed by atoms with E-state index in [-0.39, 0.29) is 25.0 Å². The van der Waals surface area contributed by atoms with Crippen molar-refractivity contribution in [2.24, 2.45) is 5.92 Å². The van der Waals surface area contributed by atoms with Crippen LogP contribution >= 0.6 is 23.2 Å². The highest BCUT2D eigenvalue weighted by molar-refractivity contribution is 6.31. The maximum Gasteiger partial charge on any atom is 0.261 e. The summed E-state index contributed by atoms with van der Waals surface area (Å²) in [4.78, 5) is 27.6. The summed E-state index contributed by atoms with van der Waals surface area (Å²) in [5, 5.41) is 4.19. The molecule has 1 atom stereocenters. The highest BCUT2D eigenvalue weighted by atomic mass is 35.5. The summed E-state index contributed by atoms with van der Waals surface area (Å²) in [6.45, 7) is 8.48. The largest absolute Gasteiger partial charge is 0.484 e. The van der Waals surface area contributed by atoms with E-state index in [1.165, 1.54) is 0 Å². The van der Waals surface area contributed by atoms with Crippen molar-refractivity contribution >= 4 is 35.0 Å². The molecule has 0 fully saturated rings. The molecule has 0 aliphatic heterocycles. The lowest BCUT2D eigenvalue weighted by atomic mass is 10.1. The fraction of sp³-hybridized carbons (Fsp3) is 0.417. The molecular formula is C24H30Cl2N2O3. The first-order chi connectivity index (χ1) is 14.7. The molecule has 0 aliphatic rings. The number of nitrogens with zero attached hydrogens (tertiary/aromatic N) is 1. The summed E-state index contributed by atoms with van der Waals surface area (Å²) in [6, 6.07) is 11.9. The summed E-state index contributed by atoms with van der Waals surface area (Å²) in [7, 11) is 0. The van der Waals surface area contributed by atoms with Gasteiger partial charge in [0, 0.05) is 23.1 Å². The third-order valence-corrected chi connectivity index (χ3v) is 5.50. The Balaban J connectivity index is 2.19. The Morgan fingerprint density at radius 2 is 1.77 bits per heavy atom. The Labute approximate surface area is 194 Å². The maximum atomic E-state index is 13.2. The van der Waals surface area contributed by atoms with Crippen molar-refractivity contribution in [1.29, 1.82) is 0 Å². The lowest BCUT2D eigenvalue weighted by Gasteiger charge is -2.31. The molecular weight excluding hydrogens is 435 g/mol. The zero-order valence-electron chi connectivity index (χ0n) is 18.5. The first-order valence-corrected chi connectivity index (χ1v) is 11.2. The van der Waals surface area contributed by atoms with Crippen molar-refractivity contribution < 1.29 is 14.3 Å². The zero-order valence-corrected chi connectivity index (χ0v) is 20.0. The van der Waals surface area contributed by atoms with E-state index in [1.54, 1.807) is 35.2 Å². The monoisotopic (exact) mass is 464 g/mol. The number of carbonyl (C=O) groups excluding carboxylic acids is 2. The lowest BCUT2D eigenvalue weighted by molar-refractivity contribution is -0.143. The van der Waals surface area contributed by atoms with Crippen LogP contribution in [0, 0.1) is 12.8 Å². The number of benzene rings is 2. The fourth-order valence-corrected chi connectivity index (χ4v) is 3.31. The molecule has 2 aromatic rings. The van der Waals surface area contributed by atoms with E-state index in [0.717, 1.165) is 11.1 Å². The number of amides is 2. The van der Waals surface area contributed by atoms with E-state index in [0.29, 0.717) is 34.7 Å². The lowest BCUT2D eigenvalue weighted by Crippen LogP contribution is -2.50. The minimum atomic E-state index is -0.600. The summed E-state index contributed by atoms with van der Waals surface area (Å²) < 4.78 is 5.71. The molecule has 0 unspecified atom stereocenters. The topological polar surface area (TPSA) is 58.6 Å². The van der Waals surface area contributed by atoms with Crippen LogP contribution in [0.1, 0.15) is 38.3 Å². The van der Waals surface area contributed by atoms with E-state index < -0.39 is 6.04 Å². The van der Waals surface area contributed by atoms with Crippen LogP contribution in [0.5, 0.6) is 5.75 Å². The van der Waals surface area contributed by atoms with Crippen molar-refractivity contribution in [2.45, 2.75) is 46.7 Å². The molecule has 2 rings (SSSR count). The number of hydrogen-bond acceptors (Lipinski definition) is 3. The first-order valence-electron chi connectivity index (χ1n) is 10.4. The number of ether oxygens (including phenoxy) is 1. The Morgan fingerprint density at radius 1 is 1.10 bits per heavy atom. The van der Waals surface area contributed by atoms with Crippen molar-refractivity contribution in [1.82, 2.24) is 10.2 Å². The van der Waals surface area contributed by atoms with E-state index in [2.05, 4.69) is 5.32 Å². The minimum Gasteiger partial charge on any atom is -0.484 e. The number of nitrogens with one attached hydrogen (secondary N) is 1. The van der Waals surface area contributed by atoms with Crippen LogP contribution in [0.25, 0.3) is 0 Å². The van der Waals surface area contributed by atoms with Crippen LogP contribution in [-0.4, -0.2) is 35.9 Å². The third-order valence-electron chi connectivity index (χ3n) is 4.83. The molecule has 168 valence electrons. The van der Waals surface area contributed by atoms with Gasteiger partial charge in [0.15, 0.2) is 6.61 Å². The second kappa shape index (κ2) is 12.0. The smallest absolute Gasteiger partial charge is 0.261 e. The normalized spacial score (nSPS) is 11.8. The molecule has 5 nitrogen and oxygen atoms in total. The second-order valence-corrected chi connectivity index (χ2v) is 8.75. The molecule has 0 bridgehead atoms. The summed E-state index contributed by atoms with van der Waals surface area (Å²) in [6.07, 6.45) is 0.489. The minimum absolute atomic E-state index is 0.166. The molecule has 2 amide bonds. The van der Waals surface area contributed by atoms with Gasteiger partial charge in [0.25, 0.3) is 5.91 Å². The highest BCUT2D eigenvalue weighted by Crippen LogP contribution is 2.21. The Bertz CT molecular complexity index is 885. The SMILES string of the molecule is CC[C@@H](C(=O)NCC(C)C)N(Cc1ccc(Cl)cc1)C(=O)COc1ccc(Cl)c(C)c1. The zero-order chi connectivity index (χ0) is 23.0. The molecule has 7 heteroatoms. The summed E-state index contributed by atoms with van der Waals surface area (Å²) in [5.74, 6) is 0.437. The quantitative estimate of drug-likeness (QED) is 0.521. The van der Waals surface area contributed by atoms with Gasteiger partial charge in [0.2, 0.25) is 5.91 Å². The second-order valence-electron chi connectivity index (χ2n) is 7.91. The van der Waals surface area contributed by atoms with Crippen molar-refractivity contribution in [3.63, 3.8) is 0 Å². The molecule has 0 radical (unpaired) electrons. The standard InChI is InChI=1S/C24H30Cl2N2O3/c1-5-22(24(30)27-13-16(2)3)28(14-18-6-8-19(25)9-7-18)23(29)15-31-20-10-11-21(26)17(4)12-20/h6-12,16,22H,5,13-15H2,1-4H3,(H,27,30)/t22-/m0/s1. The summed E-state index contributed by atoms with van der Waals surface area (Å²) >= 11 is 12.0. The van der Waals surface area contributed by atoms with Crippen LogP contribution in [-0.2, 0) is 16.1 Å². The number of carbonyl (C=O) groups is 2. The van der Waals surface area contributed by atoms with E-state index in [9.17, 15) is 9.59 Å². The molecule has 0 aromatic heterocycles. The van der Waals surface area contributed by atoms with E-state index >= 15 is 0 Å². The fourth-order valence-electron chi connectivity index (χ4n) is 3.06. The molecule has 2 aromatic carbocycles. The average molecular weight is 465 g/mol. The Hall–Kier alpha value is -2.24. The van der Waals surface area contributed by atoms with Crippen LogP contribution in [0.15, 0.2) is 42.5 Å². The van der Waals surface area contributed by atoms with Crippen molar-refractivity contribution in [2.75, 3.05) is 13.2 Å². The molecule has 0 saturated heterocycles. The third kappa shape index (κ3) is 7.75. The van der Waals surface area contributed by atoms with Crippen molar-refractivity contribution in [3.05, 3.63) is 63.6 Å². The Morgan fingerprint density at radius 3 is 2.35 bits per heavy atom. The van der Waals surface area contributed by atoms with Gasteiger partial charge in [-0.25, -0.2) is 0 Å². The predicted octanol–water partition coefficient (Wildman–Crippen LogP) is 5.26. The van der Waals surface area contributed by atoms with Gasteiger partial charge in [-0.05, 0) is 60.7 Å². The van der Waals surface area contributed by atoms with Gasteiger partial charge in [-0.1, -0.05) is 56.1 Å². The average Bonchev–Trinajstić information content (AvgIpc) is 2.74. The number of hydrogen-bond donors (Lipinski definition) is 1. The van der Waals surface area contributed by atoms with Gasteiger partial charge >= 0.3 is 0 Å². The van der Waals surface area contributed by atoms with Gasteiger partial charge < -0.3 is 15.0 Å². The first kappa shape index (κ1) is 25.0. The van der Waals surface area contributed by atoms with Crippen LogP contribution in [0.3, 0.4) is 0 Å². The van der Waals surface area contributed by atoms with Crippen LogP contribution in [0.4, 0.5) is 0 Å². The van der Waals surface area contributed by atoms with Crippen molar-refractivity contribution in [3.8, 4) is 5.75 Å². The predicted molar refractivity (Wildman–Crippen MR) is 126 cm³/mol. The number of aryl methyl sites for hydroxylation is 1. The van der Waals surface area contributed by atoms with Gasteiger partial charge in [0.05, 0.1) is 0 Å². The molecule has 0 aliphatic carbocycles. The van der Waals surface area contributed by atoms with Gasteiger partial charge in [-0.2, -0.15) is 0 Å². The van der Waals surface area contributed by atoms with Gasteiger partial charge in [0.1, 0.15) is 11.8 Å². The highest BCUT2D eigenvalue weighted by Gasteiger charge is 2.29. The number of halogens is 2. The molecule has 0 heterocycles. The van der Waals surface area contributed by atoms with Gasteiger partial charge in [-0.3, -0.25) is 9.59 Å². The summed E-state index contributed by atoms with van der Waals surface area (Å²) in [5.41, 5.74) is 1.75. The molecule has 1 N–H and O–H groups in total. The van der Waals surface area contributed by atoms with Crippen LogP contribution in [0.2, 0.25) is 10.0 Å². The Kier molecular flexibility index (Phi) is 9.66. The van der Waals surface area contributed by atoms with Gasteiger partial charge in [-0.15, -0.1) is 0 Å².